The Labute approximate surface area is 202 Å². The zero-order chi connectivity index (χ0) is 24.8. The normalized spacial score (nSPS) is 22.6. The Morgan fingerprint density at radius 1 is 1.21 bits per heavy atom. The van der Waals surface area contributed by atoms with E-state index in [-0.39, 0.29) is 39.4 Å². The van der Waals surface area contributed by atoms with Gasteiger partial charge in [-0.05, 0) is 48.4 Å². The van der Waals surface area contributed by atoms with Gasteiger partial charge in [-0.25, -0.2) is 5.06 Å². The van der Waals surface area contributed by atoms with Crippen LogP contribution in [0.5, 0.6) is 0 Å². The summed E-state index contributed by atoms with van der Waals surface area (Å²) in [7, 11) is 1.44. The number of benzene rings is 2. The van der Waals surface area contributed by atoms with Gasteiger partial charge in [-0.1, -0.05) is 34.4 Å². The minimum absolute atomic E-state index is 0.0133. The number of oxime groups is 1. The maximum atomic E-state index is 14.2. The molecule has 1 saturated heterocycles. The fraction of sp³-hybridized carbons (Fsp3) is 0.318. The molecule has 7 nitrogen and oxygen atoms in total. The quantitative estimate of drug-likeness (QED) is 0.654. The SMILES string of the molecule is Cc1cc(C2=NOC(c3cc(Cl)cc(Cl)c3)(C(F)(F)F)C2)ccc1C(=O)NC1CON(C)C1=O. The topological polar surface area (TPSA) is 80.2 Å². The molecular weight excluding hydrogens is 498 g/mol. The molecular formula is C22H18Cl2F3N3O4. The number of carbonyl (C=O) groups excluding carboxylic acids is 2. The molecule has 2 aliphatic rings. The molecule has 2 heterocycles. The van der Waals surface area contributed by atoms with Crippen LogP contribution in [0, 0.1) is 6.92 Å². The molecule has 12 heteroatoms. The molecule has 34 heavy (non-hydrogen) atoms. The Balaban J connectivity index is 1.58. The number of hydrogen-bond donors (Lipinski definition) is 1. The minimum atomic E-state index is -4.82. The fourth-order valence-electron chi connectivity index (χ4n) is 3.82. The molecule has 0 saturated carbocycles. The van der Waals surface area contributed by atoms with Gasteiger partial charge in [-0.15, -0.1) is 0 Å². The van der Waals surface area contributed by atoms with Gasteiger partial charge in [0.25, 0.3) is 17.4 Å². The van der Waals surface area contributed by atoms with E-state index in [0.29, 0.717) is 11.1 Å². The lowest BCUT2D eigenvalue weighted by atomic mass is 9.86. The molecule has 1 N–H and O–H groups in total. The van der Waals surface area contributed by atoms with Gasteiger partial charge < -0.3 is 10.2 Å². The number of alkyl halides is 3. The van der Waals surface area contributed by atoms with Crippen molar-refractivity contribution >= 4 is 40.7 Å². The third kappa shape index (κ3) is 4.33. The Morgan fingerprint density at radius 3 is 2.44 bits per heavy atom. The second-order valence-corrected chi connectivity index (χ2v) is 8.85. The average Bonchev–Trinajstić information content (AvgIpc) is 3.33. The summed E-state index contributed by atoms with van der Waals surface area (Å²) in [6, 6.07) is 7.25. The molecule has 2 atom stereocenters. The van der Waals surface area contributed by atoms with E-state index in [2.05, 4.69) is 10.5 Å². The van der Waals surface area contributed by atoms with Crippen LogP contribution in [0.1, 0.15) is 33.5 Å². The van der Waals surface area contributed by atoms with E-state index < -0.39 is 30.1 Å². The summed E-state index contributed by atoms with van der Waals surface area (Å²) in [6.45, 7) is 1.64. The van der Waals surface area contributed by atoms with Gasteiger partial charge in [0.1, 0.15) is 12.6 Å². The molecule has 2 aromatic rings. The molecule has 0 aliphatic carbocycles. The summed E-state index contributed by atoms with van der Waals surface area (Å²) < 4.78 is 42.5. The van der Waals surface area contributed by atoms with Crippen LogP contribution in [0.2, 0.25) is 10.0 Å². The van der Waals surface area contributed by atoms with Gasteiger partial charge in [0.15, 0.2) is 0 Å². The molecule has 2 aromatic carbocycles. The van der Waals surface area contributed by atoms with Crippen LogP contribution in [0.15, 0.2) is 41.6 Å². The van der Waals surface area contributed by atoms with Crippen molar-refractivity contribution in [3.05, 3.63) is 68.7 Å². The van der Waals surface area contributed by atoms with Crippen molar-refractivity contribution in [2.75, 3.05) is 13.7 Å². The van der Waals surface area contributed by atoms with Gasteiger partial charge in [0.05, 0.1) is 5.71 Å². The molecule has 180 valence electrons. The van der Waals surface area contributed by atoms with E-state index in [4.69, 9.17) is 32.9 Å². The van der Waals surface area contributed by atoms with E-state index >= 15 is 0 Å². The van der Waals surface area contributed by atoms with Crippen LogP contribution in [0.3, 0.4) is 0 Å². The van der Waals surface area contributed by atoms with Crippen LogP contribution < -0.4 is 5.32 Å². The number of rotatable bonds is 4. The lowest BCUT2D eigenvalue weighted by Crippen LogP contribution is -2.42. The number of hydroxylamine groups is 2. The number of hydrogen-bond acceptors (Lipinski definition) is 5. The molecule has 0 bridgehead atoms. The highest BCUT2D eigenvalue weighted by atomic mass is 35.5. The zero-order valence-corrected chi connectivity index (χ0v) is 19.4. The molecule has 2 amide bonds. The third-order valence-electron chi connectivity index (χ3n) is 5.67. The Bertz CT molecular complexity index is 1180. The van der Waals surface area contributed by atoms with Crippen molar-refractivity contribution in [2.45, 2.75) is 31.2 Å². The van der Waals surface area contributed by atoms with E-state index in [9.17, 15) is 22.8 Å². The molecule has 0 radical (unpaired) electrons. The van der Waals surface area contributed by atoms with E-state index in [1.807, 2.05) is 0 Å². The summed E-state index contributed by atoms with van der Waals surface area (Å²) in [5, 5.41) is 7.42. The van der Waals surface area contributed by atoms with Gasteiger partial charge in [-0.3, -0.25) is 14.4 Å². The van der Waals surface area contributed by atoms with Crippen molar-refractivity contribution in [3.8, 4) is 0 Å². The lowest BCUT2D eigenvalue weighted by molar-refractivity contribution is -0.275. The van der Waals surface area contributed by atoms with Crippen molar-refractivity contribution < 1.29 is 32.4 Å². The maximum Gasteiger partial charge on any atom is 0.435 e. The van der Waals surface area contributed by atoms with Gasteiger partial charge in [0.2, 0.25) is 0 Å². The molecule has 4 rings (SSSR count). The van der Waals surface area contributed by atoms with Crippen LogP contribution >= 0.6 is 23.2 Å². The molecule has 2 unspecified atom stereocenters. The monoisotopic (exact) mass is 515 g/mol. The van der Waals surface area contributed by atoms with Crippen LogP contribution in [-0.4, -0.2) is 48.5 Å². The minimum Gasteiger partial charge on any atom is -0.374 e. The average molecular weight is 516 g/mol. The Morgan fingerprint density at radius 2 is 1.88 bits per heavy atom. The first-order valence-electron chi connectivity index (χ1n) is 10.0. The second-order valence-electron chi connectivity index (χ2n) is 7.98. The Kier molecular flexibility index (Phi) is 6.26. The summed E-state index contributed by atoms with van der Waals surface area (Å²) in [5.74, 6) is -0.895. The van der Waals surface area contributed by atoms with Crippen LogP contribution in [0.25, 0.3) is 0 Å². The predicted octanol–water partition coefficient (Wildman–Crippen LogP) is 4.39. The number of carbonyl (C=O) groups is 2. The molecule has 2 aliphatic heterocycles. The highest BCUT2D eigenvalue weighted by molar-refractivity contribution is 6.34. The van der Waals surface area contributed by atoms with E-state index in [1.165, 1.54) is 31.3 Å². The van der Waals surface area contributed by atoms with Gasteiger partial charge in [0, 0.05) is 34.6 Å². The van der Waals surface area contributed by atoms with E-state index in [1.54, 1.807) is 6.92 Å². The molecule has 0 aromatic heterocycles. The first-order valence-corrected chi connectivity index (χ1v) is 10.8. The third-order valence-corrected chi connectivity index (χ3v) is 6.10. The fourth-order valence-corrected chi connectivity index (χ4v) is 4.35. The van der Waals surface area contributed by atoms with Crippen LogP contribution in [-0.2, 0) is 20.1 Å². The van der Waals surface area contributed by atoms with Crippen molar-refractivity contribution in [3.63, 3.8) is 0 Å². The summed E-state index contributed by atoms with van der Waals surface area (Å²) in [5.41, 5.74) is -1.88. The van der Waals surface area contributed by atoms with Gasteiger partial charge >= 0.3 is 6.18 Å². The van der Waals surface area contributed by atoms with Crippen LogP contribution in [0.4, 0.5) is 13.2 Å². The standard InChI is InChI=1S/C22H18Cl2F3N3O4/c1-11-5-12(3-4-16(11)19(31)28-18-10-33-30(2)20(18)32)17-9-21(34-29-17,22(25,26)27)13-6-14(23)8-15(24)7-13/h3-8,18H,9-10H2,1-2H3,(H,28,31). The molecule has 1 fully saturated rings. The smallest absolute Gasteiger partial charge is 0.374 e. The van der Waals surface area contributed by atoms with Gasteiger partial charge in [-0.2, -0.15) is 13.2 Å². The van der Waals surface area contributed by atoms with Crippen molar-refractivity contribution in [1.82, 2.24) is 10.4 Å². The highest BCUT2D eigenvalue weighted by Gasteiger charge is 2.62. The molecule has 0 spiro atoms. The maximum absolute atomic E-state index is 14.2. The summed E-state index contributed by atoms with van der Waals surface area (Å²) in [6.07, 6.45) is -5.43. The number of aryl methyl sites for hydroxylation is 1. The van der Waals surface area contributed by atoms with E-state index in [0.717, 1.165) is 17.2 Å². The predicted molar refractivity (Wildman–Crippen MR) is 118 cm³/mol. The number of halogens is 5. The first kappa shape index (κ1) is 24.3. The largest absolute Gasteiger partial charge is 0.435 e. The number of likely N-dealkylation sites (N-methyl/N-ethyl adjacent to an activating group) is 1. The lowest BCUT2D eigenvalue weighted by Gasteiger charge is -2.29. The number of nitrogens with zero attached hydrogens (tertiary/aromatic N) is 2. The first-order chi connectivity index (χ1) is 15.9. The van der Waals surface area contributed by atoms with Crippen molar-refractivity contribution in [2.24, 2.45) is 5.16 Å². The number of amides is 2. The summed E-state index contributed by atoms with van der Waals surface area (Å²) in [4.78, 5) is 34.6. The Hall–Kier alpha value is -2.82. The van der Waals surface area contributed by atoms with Crippen molar-refractivity contribution in [1.29, 1.82) is 0 Å². The zero-order valence-electron chi connectivity index (χ0n) is 17.9. The highest BCUT2D eigenvalue weighted by Crippen LogP contribution is 2.49. The second kappa shape index (κ2) is 8.75. The number of nitrogens with one attached hydrogen (secondary N) is 1. The summed E-state index contributed by atoms with van der Waals surface area (Å²) >= 11 is 11.9.